The van der Waals surface area contributed by atoms with Gasteiger partial charge in [0.1, 0.15) is 17.0 Å². The van der Waals surface area contributed by atoms with E-state index >= 15 is 0 Å². The SMILES string of the molecule is N#Cc1cc(OC(F)F)cnc1Cl. The Balaban J connectivity index is 2.95. The lowest BCUT2D eigenvalue weighted by Gasteiger charge is -2.03. The van der Waals surface area contributed by atoms with Gasteiger partial charge in [-0.05, 0) is 0 Å². The van der Waals surface area contributed by atoms with E-state index < -0.39 is 6.61 Å². The Bertz CT molecular complexity index is 351. The van der Waals surface area contributed by atoms with Gasteiger partial charge < -0.3 is 4.74 Å². The summed E-state index contributed by atoms with van der Waals surface area (Å²) in [5.74, 6) is -0.184. The van der Waals surface area contributed by atoms with Crippen LogP contribution < -0.4 is 4.74 Å². The Kier molecular flexibility index (Phi) is 2.98. The third-order valence-corrected chi connectivity index (χ3v) is 1.46. The van der Waals surface area contributed by atoms with Crippen molar-refractivity contribution in [1.82, 2.24) is 4.98 Å². The first-order valence-electron chi connectivity index (χ1n) is 3.14. The van der Waals surface area contributed by atoms with E-state index in [0.29, 0.717) is 0 Å². The molecule has 0 spiro atoms. The number of pyridine rings is 1. The van der Waals surface area contributed by atoms with Gasteiger partial charge >= 0.3 is 6.61 Å². The molecule has 6 heteroatoms. The Morgan fingerprint density at radius 2 is 2.31 bits per heavy atom. The van der Waals surface area contributed by atoms with Crippen LogP contribution >= 0.6 is 11.6 Å². The number of rotatable bonds is 2. The lowest BCUT2D eigenvalue weighted by atomic mass is 10.3. The molecule has 0 fully saturated rings. The summed E-state index contributed by atoms with van der Waals surface area (Å²) >= 11 is 5.46. The van der Waals surface area contributed by atoms with Gasteiger partial charge in [0.2, 0.25) is 0 Å². The van der Waals surface area contributed by atoms with Crippen molar-refractivity contribution in [1.29, 1.82) is 5.26 Å². The molecule has 3 nitrogen and oxygen atoms in total. The minimum absolute atomic E-state index is 0.000170. The van der Waals surface area contributed by atoms with E-state index in [4.69, 9.17) is 16.9 Å². The first-order valence-corrected chi connectivity index (χ1v) is 3.51. The van der Waals surface area contributed by atoms with Crippen LogP contribution in [0.3, 0.4) is 0 Å². The van der Waals surface area contributed by atoms with Crippen molar-refractivity contribution in [3.63, 3.8) is 0 Å². The molecule has 0 aliphatic heterocycles. The Morgan fingerprint density at radius 3 is 2.85 bits per heavy atom. The van der Waals surface area contributed by atoms with Crippen molar-refractivity contribution in [2.45, 2.75) is 6.61 Å². The van der Waals surface area contributed by atoms with Gasteiger partial charge in [-0.25, -0.2) is 4.98 Å². The first kappa shape index (κ1) is 9.68. The maximum absolute atomic E-state index is 11.7. The Morgan fingerprint density at radius 1 is 1.62 bits per heavy atom. The molecule has 0 saturated heterocycles. The fourth-order valence-corrected chi connectivity index (χ4v) is 0.820. The molecular formula is C7H3ClF2N2O. The molecule has 1 heterocycles. The Labute approximate surface area is 77.5 Å². The van der Waals surface area contributed by atoms with E-state index in [0.717, 1.165) is 12.3 Å². The second kappa shape index (κ2) is 4.01. The van der Waals surface area contributed by atoms with Crippen molar-refractivity contribution in [2.24, 2.45) is 0 Å². The van der Waals surface area contributed by atoms with Gasteiger partial charge in [-0.2, -0.15) is 14.0 Å². The van der Waals surface area contributed by atoms with Crippen LogP contribution in [0.2, 0.25) is 5.15 Å². The molecule has 0 unspecified atom stereocenters. The highest BCUT2D eigenvalue weighted by atomic mass is 35.5. The highest BCUT2D eigenvalue weighted by Gasteiger charge is 2.07. The zero-order valence-corrected chi connectivity index (χ0v) is 6.92. The zero-order chi connectivity index (χ0) is 9.84. The predicted molar refractivity (Wildman–Crippen MR) is 40.6 cm³/mol. The standard InChI is InChI=1S/C7H3ClF2N2O/c8-6-4(2-11)1-5(3-12-6)13-7(9)10/h1,3,7H. The van der Waals surface area contributed by atoms with Crippen LogP contribution in [0.1, 0.15) is 5.56 Å². The molecule has 0 aliphatic carbocycles. The number of nitrogens with zero attached hydrogens (tertiary/aromatic N) is 2. The number of hydrogen-bond acceptors (Lipinski definition) is 3. The van der Waals surface area contributed by atoms with E-state index in [-0.39, 0.29) is 16.5 Å². The molecule has 0 atom stereocenters. The molecule has 1 rings (SSSR count). The zero-order valence-electron chi connectivity index (χ0n) is 6.17. The summed E-state index contributed by atoms with van der Waals surface area (Å²) in [4.78, 5) is 3.49. The molecule has 68 valence electrons. The quantitative estimate of drug-likeness (QED) is 0.694. The maximum Gasteiger partial charge on any atom is 0.387 e. The molecule has 0 radical (unpaired) electrons. The summed E-state index contributed by atoms with van der Waals surface area (Å²) in [7, 11) is 0. The second-order valence-corrected chi connectivity index (χ2v) is 2.36. The van der Waals surface area contributed by atoms with Crippen LogP contribution in [0.15, 0.2) is 12.3 Å². The van der Waals surface area contributed by atoms with Gasteiger partial charge in [0.25, 0.3) is 0 Å². The van der Waals surface area contributed by atoms with Crippen LogP contribution in [0, 0.1) is 11.3 Å². The molecule has 0 aromatic carbocycles. The predicted octanol–water partition coefficient (Wildman–Crippen LogP) is 2.21. The molecule has 0 aliphatic rings. The molecule has 1 aromatic heterocycles. The van der Waals surface area contributed by atoms with E-state index in [2.05, 4.69) is 9.72 Å². The van der Waals surface area contributed by atoms with E-state index in [1.165, 1.54) is 0 Å². The van der Waals surface area contributed by atoms with E-state index in [1.54, 1.807) is 6.07 Å². The fourth-order valence-electron chi connectivity index (χ4n) is 0.675. The summed E-state index contributed by atoms with van der Waals surface area (Å²) < 4.78 is 27.4. The van der Waals surface area contributed by atoms with Gasteiger partial charge in [0.15, 0.2) is 0 Å². The smallest absolute Gasteiger partial charge is 0.387 e. The monoisotopic (exact) mass is 204 g/mol. The molecule has 0 saturated carbocycles. The van der Waals surface area contributed by atoms with Crippen LogP contribution in [0.4, 0.5) is 8.78 Å². The normalized spacial score (nSPS) is 9.77. The first-order chi connectivity index (χ1) is 6.13. The van der Waals surface area contributed by atoms with Gasteiger partial charge in [-0.15, -0.1) is 0 Å². The lowest BCUT2D eigenvalue weighted by molar-refractivity contribution is -0.0500. The van der Waals surface area contributed by atoms with Crippen molar-refractivity contribution in [3.8, 4) is 11.8 Å². The number of aromatic nitrogens is 1. The minimum Gasteiger partial charge on any atom is -0.433 e. The number of halogens is 3. The average Bonchev–Trinajstić information content (AvgIpc) is 2.07. The maximum atomic E-state index is 11.7. The molecule has 0 amide bonds. The van der Waals surface area contributed by atoms with E-state index in [1.807, 2.05) is 0 Å². The third kappa shape index (κ3) is 2.53. The number of nitriles is 1. The largest absolute Gasteiger partial charge is 0.433 e. The highest BCUT2D eigenvalue weighted by Crippen LogP contribution is 2.19. The third-order valence-electron chi connectivity index (χ3n) is 1.16. The Hall–Kier alpha value is -1.41. The van der Waals surface area contributed by atoms with Crippen LogP contribution in [0.5, 0.6) is 5.75 Å². The number of hydrogen-bond donors (Lipinski definition) is 0. The molecule has 0 bridgehead atoms. The van der Waals surface area contributed by atoms with Gasteiger partial charge in [0, 0.05) is 6.07 Å². The van der Waals surface area contributed by atoms with Crippen LogP contribution in [0.25, 0.3) is 0 Å². The molecule has 13 heavy (non-hydrogen) atoms. The van der Waals surface area contributed by atoms with Crippen molar-refractivity contribution < 1.29 is 13.5 Å². The molecule has 1 aromatic rings. The number of alkyl halides is 2. The average molecular weight is 205 g/mol. The van der Waals surface area contributed by atoms with Crippen molar-refractivity contribution in [2.75, 3.05) is 0 Å². The van der Waals surface area contributed by atoms with Crippen molar-refractivity contribution >= 4 is 11.6 Å². The molecular weight excluding hydrogens is 202 g/mol. The van der Waals surface area contributed by atoms with E-state index in [9.17, 15) is 8.78 Å². The number of ether oxygens (including phenoxy) is 1. The fraction of sp³-hybridized carbons (Fsp3) is 0.143. The second-order valence-electron chi connectivity index (χ2n) is 2.00. The van der Waals surface area contributed by atoms with Crippen LogP contribution in [-0.4, -0.2) is 11.6 Å². The summed E-state index contributed by atoms with van der Waals surface area (Å²) in [5.41, 5.74) is -0.000170. The summed E-state index contributed by atoms with van der Waals surface area (Å²) in [6.45, 7) is -2.94. The van der Waals surface area contributed by atoms with Crippen LogP contribution in [-0.2, 0) is 0 Å². The van der Waals surface area contributed by atoms with Gasteiger partial charge in [-0.3, -0.25) is 0 Å². The van der Waals surface area contributed by atoms with Gasteiger partial charge in [-0.1, -0.05) is 11.6 Å². The summed E-state index contributed by atoms with van der Waals surface area (Å²) in [6, 6.07) is 2.79. The summed E-state index contributed by atoms with van der Waals surface area (Å²) in [5, 5.41) is 8.42. The lowest BCUT2D eigenvalue weighted by Crippen LogP contribution is -2.02. The minimum atomic E-state index is -2.94. The summed E-state index contributed by atoms with van der Waals surface area (Å²) in [6.07, 6.45) is 1.02. The van der Waals surface area contributed by atoms with Gasteiger partial charge in [0.05, 0.1) is 11.8 Å². The highest BCUT2D eigenvalue weighted by molar-refractivity contribution is 6.30. The molecule has 0 N–H and O–H groups in total. The van der Waals surface area contributed by atoms with Crippen molar-refractivity contribution in [3.05, 3.63) is 23.0 Å². The topological polar surface area (TPSA) is 45.9 Å².